The minimum absolute atomic E-state index is 0.0258. The number of benzene rings is 1. The topological polar surface area (TPSA) is 76.0 Å². The van der Waals surface area contributed by atoms with Gasteiger partial charge in [-0.1, -0.05) is 77.7 Å². The fourth-order valence-electron chi connectivity index (χ4n) is 5.85. The number of unbranched alkanes of at least 4 members (excludes halogenated alkanes) is 3. The van der Waals surface area contributed by atoms with Crippen LogP contribution in [0.25, 0.3) is 0 Å². The summed E-state index contributed by atoms with van der Waals surface area (Å²) in [4.78, 5) is 11.3. The van der Waals surface area contributed by atoms with Gasteiger partial charge in [0.15, 0.2) is 0 Å². The fourth-order valence-corrected chi connectivity index (χ4v) is 5.85. The minimum Gasteiger partial charge on any atom is -0.490 e. The van der Waals surface area contributed by atoms with Crippen LogP contribution in [0.15, 0.2) is 36.4 Å². The van der Waals surface area contributed by atoms with Crippen LogP contribution in [0.4, 0.5) is 0 Å². The van der Waals surface area contributed by atoms with Gasteiger partial charge in [-0.25, -0.2) is 0 Å². The second kappa shape index (κ2) is 13.6. The van der Waals surface area contributed by atoms with Gasteiger partial charge in [-0.2, -0.15) is 0 Å². The maximum atomic E-state index is 11.3. The largest absolute Gasteiger partial charge is 0.490 e. The number of aliphatic hydroxyl groups is 1. The number of aliphatic hydroxyl groups excluding tert-OH is 1. The predicted octanol–water partition coefficient (Wildman–Crippen LogP) is 6.96. The van der Waals surface area contributed by atoms with Crippen LogP contribution in [0.2, 0.25) is 0 Å². The summed E-state index contributed by atoms with van der Waals surface area (Å²) >= 11 is 0. The number of hydrogen-bond donors (Lipinski definition) is 2. The number of carboxylic acid groups (broad SMARTS) is 1. The van der Waals surface area contributed by atoms with E-state index in [0.29, 0.717) is 11.8 Å². The SMILES string of the molecule is CCCCC[C@H](CC(=O)O)Oc1cccc(C[C@@H]2C(/C=C/C(O)C(C)(C)CCCC)[C@@H]3CC[C@H]2O3)c1. The number of carbonyl (C=O) groups is 1. The lowest BCUT2D eigenvalue weighted by Crippen LogP contribution is -2.30. The number of rotatable bonds is 16. The Morgan fingerprint density at radius 1 is 1.17 bits per heavy atom. The molecule has 1 aromatic carbocycles. The summed E-state index contributed by atoms with van der Waals surface area (Å²) in [6, 6.07) is 8.14. The van der Waals surface area contributed by atoms with E-state index in [9.17, 15) is 15.0 Å². The van der Waals surface area contributed by atoms with Crippen molar-refractivity contribution in [3.8, 4) is 5.75 Å². The average molecular weight is 501 g/mol. The third-order valence-electron chi connectivity index (χ3n) is 8.18. The van der Waals surface area contributed by atoms with Gasteiger partial charge in [0.1, 0.15) is 11.9 Å². The van der Waals surface area contributed by atoms with E-state index >= 15 is 0 Å². The Bertz CT molecular complexity index is 847. The van der Waals surface area contributed by atoms with E-state index in [2.05, 4.69) is 45.9 Å². The van der Waals surface area contributed by atoms with Gasteiger partial charge in [-0.15, -0.1) is 0 Å². The molecular weight excluding hydrogens is 452 g/mol. The fraction of sp³-hybridized carbons (Fsp3) is 0.710. The predicted molar refractivity (Wildman–Crippen MR) is 144 cm³/mol. The van der Waals surface area contributed by atoms with E-state index in [4.69, 9.17) is 9.47 Å². The first-order chi connectivity index (χ1) is 17.2. The molecule has 202 valence electrons. The third kappa shape index (κ3) is 8.08. The molecule has 2 fully saturated rings. The minimum atomic E-state index is -0.818. The quantitative estimate of drug-likeness (QED) is 0.190. The molecule has 3 rings (SSSR count). The molecule has 0 spiro atoms. The maximum absolute atomic E-state index is 11.3. The van der Waals surface area contributed by atoms with Gasteiger partial charge < -0.3 is 19.7 Å². The molecule has 0 aliphatic carbocycles. The molecule has 0 aromatic heterocycles. The summed E-state index contributed by atoms with van der Waals surface area (Å²) in [5.41, 5.74) is 1.06. The number of aliphatic carboxylic acids is 1. The molecule has 1 aromatic rings. The van der Waals surface area contributed by atoms with Gasteiger partial charge in [-0.05, 0) is 67.6 Å². The smallest absolute Gasteiger partial charge is 0.307 e. The van der Waals surface area contributed by atoms with Crippen LogP contribution in [-0.2, 0) is 16.0 Å². The number of carboxylic acids is 1. The average Bonchev–Trinajstić information content (AvgIpc) is 3.43. The molecule has 2 aliphatic heterocycles. The maximum Gasteiger partial charge on any atom is 0.307 e. The lowest BCUT2D eigenvalue weighted by Gasteiger charge is -2.30. The number of hydrogen-bond acceptors (Lipinski definition) is 4. The van der Waals surface area contributed by atoms with Crippen molar-refractivity contribution in [1.82, 2.24) is 0 Å². The van der Waals surface area contributed by atoms with Crippen LogP contribution < -0.4 is 4.74 Å². The van der Waals surface area contributed by atoms with Crippen LogP contribution in [0.1, 0.15) is 97.5 Å². The van der Waals surface area contributed by atoms with E-state index < -0.39 is 12.1 Å². The summed E-state index contributed by atoms with van der Waals surface area (Å²) in [6.07, 6.45) is 14.3. The third-order valence-corrected chi connectivity index (χ3v) is 8.18. The van der Waals surface area contributed by atoms with Gasteiger partial charge >= 0.3 is 5.97 Å². The van der Waals surface area contributed by atoms with E-state index in [1.165, 1.54) is 5.56 Å². The monoisotopic (exact) mass is 500 g/mol. The van der Waals surface area contributed by atoms with E-state index in [1.54, 1.807) is 0 Å². The van der Waals surface area contributed by atoms with Crippen molar-refractivity contribution in [2.75, 3.05) is 0 Å². The molecule has 2 unspecified atom stereocenters. The van der Waals surface area contributed by atoms with Crippen molar-refractivity contribution in [1.29, 1.82) is 0 Å². The Labute approximate surface area is 218 Å². The molecule has 0 saturated carbocycles. The Balaban J connectivity index is 1.66. The van der Waals surface area contributed by atoms with Gasteiger partial charge in [0, 0.05) is 5.92 Å². The van der Waals surface area contributed by atoms with Crippen molar-refractivity contribution in [2.24, 2.45) is 17.3 Å². The van der Waals surface area contributed by atoms with Crippen molar-refractivity contribution in [2.45, 2.75) is 123 Å². The molecule has 2 aliphatic rings. The Morgan fingerprint density at radius 3 is 2.64 bits per heavy atom. The highest BCUT2D eigenvalue weighted by Gasteiger charge is 2.47. The van der Waals surface area contributed by atoms with Gasteiger partial charge in [0.25, 0.3) is 0 Å². The molecule has 5 nitrogen and oxygen atoms in total. The molecular formula is C31H48O5. The Morgan fingerprint density at radius 2 is 1.92 bits per heavy atom. The first-order valence-corrected chi connectivity index (χ1v) is 14.2. The zero-order chi connectivity index (χ0) is 26.1. The standard InChI is InChI=1S/C31H48O5/c1-5-7-9-12-24(21-30(33)34)35-23-13-10-11-22(19-23)20-26-25(27-15-16-28(26)36-27)14-17-29(32)31(3,4)18-8-6-2/h10-11,13-14,17,19,24-29,32H,5-9,12,15-16,18,20-21H2,1-4H3,(H,33,34)/b17-14+/t24-,25?,26-,27+,28-,29?/m1/s1. The van der Waals surface area contributed by atoms with Crippen LogP contribution in [-0.4, -0.2) is 40.6 Å². The first kappa shape index (κ1) is 28.7. The molecule has 6 atom stereocenters. The molecule has 2 saturated heterocycles. The highest BCUT2D eigenvalue weighted by molar-refractivity contribution is 5.67. The lowest BCUT2D eigenvalue weighted by atomic mass is 9.75. The van der Waals surface area contributed by atoms with E-state index in [-0.39, 0.29) is 30.1 Å². The molecule has 2 bridgehead atoms. The van der Waals surface area contributed by atoms with Crippen LogP contribution in [0, 0.1) is 17.3 Å². The normalized spacial score (nSPS) is 25.4. The second-order valence-corrected chi connectivity index (χ2v) is 11.6. The van der Waals surface area contributed by atoms with Crippen molar-refractivity contribution in [3.63, 3.8) is 0 Å². The first-order valence-electron chi connectivity index (χ1n) is 14.2. The Hall–Kier alpha value is -1.85. The van der Waals surface area contributed by atoms with E-state index in [0.717, 1.165) is 70.0 Å². The van der Waals surface area contributed by atoms with Crippen LogP contribution in [0.5, 0.6) is 5.75 Å². The summed E-state index contributed by atoms with van der Waals surface area (Å²) in [5, 5.41) is 20.2. The molecule has 36 heavy (non-hydrogen) atoms. The number of fused-ring (bicyclic) bond motifs is 2. The molecule has 5 heteroatoms. The van der Waals surface area contributed by atoms with Crippen molar-refractivity contribution in [3.05, 3.63) is 42.0 Å². The number of ether oxygens (including phenoxy) is 2. The van der Waals surface area contributed by atoms with Crippen molar-refractivity contribution >= 4 is 5.97 Å². The summed E-state index contributed by atoms with van der Waals surface area (Å²) < 4.78 is 12.5. The zero-order valence-electron chi connectivity index (χ0n) is 22.8. The van der Waals surface area contributed by atoms with E-state index in [1.807, 2.05) is 18.2 Å². The Kier molecular flexibility index (Phi) is 10.9. The molecule has 2 N–H and O–H groups in total. The molecule has 0 amide bonds. The van der Waals surface area contributed by atoms with Gasteiger partial charge in [0.05, 0.1) is 24.7 Å². The lowest BCUT2D eigenvalue weighted by molar-refractivity contribution is -0.138. The summed E-state index contributed by atoms with van der Waals surface area (Å²) in [5.74, 6) is 0.611. The molecule has 0 radical (unpaired) electrons. The van der Waals surface area contributed by atoms with Crippen molar-refractivity contribution < 1.29 is 24.5 Å². The van der Waals surface area contributed by atoms with Crippen LogP contribution >= 0.6 is 0 Å². The highest BCUT2D eigenvalue weighted by atomic mass is 16.5. The zero-order valence-corrected chi connectivity index (χ0v) is 22.8. The summed E-state index contributed by atoms with van der Waals surface area (Å²) in [7, 11) is 0. The second-order valence-electron chi connectivity index (χ2n) is 11.6. The van der Waals surface area contributed by atoms with Gasteiger partial charge in [0.2, 0.25) is 0 Å². The summed E-state index contributed by atoms with van der Waals surface area (Å²) in [6.45, 7) is 8.64. The van der Waals surface area contributed by atoms with Crippen LogP contribution in [0.3, 0.4) is 0 Å². The molecule has 2 heterocycles. The van der Waals surface area contributed by atoms with Gasteiger partial charge in [-0.3, -0.25) is 4.79 Å². The highest BCUT2D eigenvalue weighted by Crippen LogP contribution is 2.46.